The Labute approximate surface area is 89.6 Å². The molecule has 0 heterocycles. The van der Waals surface area contributed by atoms with Gasteiger partial charge in [0, 0.05) is 6.42 Å². The molecule has 0 saturated carbocycles. The topological polar surface area (TPSA) is 55.5 Å². The summed E-state index contributed by atoms with van der Waals surface area (Å²) < 4.78 is 39.6. The highest BCUT2D eigenvalue weighted by Crippen LogP contribution is 2.33. The average molecular weight is 233 g/mol. The predicted molar refractivity (Wildman–Crippen MR) is 49.8 cm³/mol. The van der Waals surface area contributed by atoms with Gasteiger partial charge in [0.25, 0.3) is 0 Å². The van der Waals surface area contributed by atoms with Crippen molar-refractivity contribution in [2.75, 3.05) is 0 Å². The summed E-state index contributed by atoms with van der Waals surface area (Å²) in [6.07, 6.45) is -5.18. The number of halogens is 3. The summed E-state index contributed by atoms with van der Waals surface area (Å²) in [5.41, 5.74) is 6.92. The summed E-state index contributed by atoms with van der Waals surface area (Å²) in [6.45, 7) is 0. The van der Waals surface area contributed by atoms with Gasteiger partial charge in [-0.3, -0.25) is 0 Å². The van der Waals surface area contributed by atoms with Crippen LogP contribution in [0.5, 0.6) is 5.75 Å². The van der Waals surface area contributed by atoms with E-state index in [-0.39, 0.29) is 12.2 Å². The molecule has 2 atom stereocenters. The first-order valence-corrected chi connectivity index (χ1v) is 4.69. The van der Waals surface area contributed by atoms with Crippen LogP contribution in [0.4, 0.5) is 13.2 Å². The number of aliphatic hydroxyl groups excluding tert-OH is 1. The molecule has 88 valence electrons. The van der Waals surface area contributed by atoms with Crippen LogP contribution in [0.2, 0.25) is 0 Å². The van der Waals surface area contributed by atoms with Crippen LogP contribution in [0.3, 0.4) is 0 Å². The van der Waals surface area contributed by atoms with Crippen LogP contribution in [0, 0.1) is 0 Å². The molecule has 0 saturated heterocycles. The van der Waals surface area contributed by atoms with E-state index >= 15 is 0 Å². The predicted octanol–water partition coefficient (Wildman–Crippen LogP) is 1.50. The number of alkyl halides is 3. The Bertz CT molecular complexity index is 406. The number of hydrogen-bond donors (Lipinski definition) is 2. The molecule has 1 aliphatic carbocycles. The Kier molecular flexibility index (Phi) is 2.55. The van der Waals surface area contributed by atoms with Gasteiger partial charge >= 0.3 is 6.36 Å². The lowest BCUT2D eigenvalue weighted by atomic mass is 10.1. The maximum Gasteiger partial charge on any atom is 0.573 e. The molecule has 0 bridgehead atoms. The van der Waals surface area contributed by atoms with Crippen LogP contribution in [-0.4, -0.2) is 17.6 Å². The van der Waals surface area contributed by atoms with Gasteiger partial charge in [-0.1, -0.05) is 6.07 Å². The molecule has 3 N–H and O–H groups in total. The summed E-state index contributed by atoms with van der Waals surface area (Å²) in [7, 11) is 0. The molecule has 2 rings (SSSR count). The average Bonchev–Trinajstić information content (AvgIpc) is 2.40. The third-order valence-corrected chi connectivity index (χ3v) is 2.55. The molecule has 0 unspecified atom stereocenters. The van der Waals surface area contributed by atoms with E-state index in [1.54, 1.807) is 0 Å². The zero-order chi connectivity index (χ0) is 11.9. The highest BCUT2D eigenvalue weighted by Gasteiger charge is 2.33. The standard InChI is InChI=1S/C10H10F3NO2/c11-10(12,13)16-6-1-2-7-5(3-6)4-8(15)9(7)14/h1-3,8-9,15H,4,14H2/t8-,9+/m1/s1. The van der Waals surface area contributed by atoms with Crippen LogP contribution in [-0.2, 0) is 6.42 Å². The Morgan fingerprint density at radius 3 is 2.69 bits per heavy atom. The minimum atomic E-state index is -4.70. The molecule has 6 heteroatoms. The molecule has 0 amide bonds. The summed E-state index contributed by atoms with van der Waals surface area (Å²) in [4.78, 5) is 0. The van der Waals surface area contributed by atoms with Crippen LogP contribution >= 0.6 is 0 Å². The first-order valence-electron chi connectivity index (χ1n) is 4.69. The third-order valence-electron chi connectivity index (χ3n) is 2.55. The second kappa shape index (κ2) is 3.64. The van der Waals surface area contributed by atoms with Crippen molar-refractivity contribution in [3.8, 4) is 5.75 Å². The maximum absolute atomic E-state index is 12.0. The summed E-state index contributed by atoms with van der Waals surface area (Å²) in [6, 6.07) is 3.38. The van der Waals surface area contributed by atoms with Gasteiger partial charge in [-0.05, 0) is 23.3 Å². The fourth-order valence-corrected chi connectivity index (χ4v) is 1.84. The Balaban J connectivity index is 2.25. The molecule has 0 radical (unpaired) electrons. The monoisotopic (exact) mass is 233 g/mol. The van der Waals surface area contributed by atoms with Crippen molar-refractivity contribution in [1.82, 2.24) is 0 Å². The highest BCUT2D eigenvalue weighted by molar-refractivity contribution is 5.41. The third kappa shape index (κ3) is 2.12. The molecule has 3 nitrogen and oxygen atoms in total. The van der Waals surface area contributed by atoms with E-state index in [1.165, 1.54) is 18.2 Å². The molecule has 1 aliphatic rings. The molecule has 1 aromatic rings. The maximum atomic E-state index is 12.0. The molecule has 0 fully saturated rings. The van der Waals surface area contributed by atoms with Crippen LogP contribution in [0.1, 0.15) is 17.2 Å². The van der Waals surface area contributed by atoms with Crippen LogP contribution in [0.25, 0.3) is 0 Å². The lowest BCUT2D eigenvalue weighted by Crippen LogP contribution is -2.21. The minimum Gasteiger partial charge on any atom is -0.406 e. The van der Waals surface area contributed by atoms with E-state index in [0.29, 0.717) is 11.1 Å². The Morgan fingerprint density at radius 2 is 2.06 bits per heavy atom. The molecule has 0 aliphatic heterocycles. The van der Waals surface area contributed by atoms with E-state index < -0.39 is 18.5 Å². The van der Waals surface area contributed by atoms with Gasteiger partial charge in [-0.2, -0.15) is 0 Å². The number of benzene rings is 1. The fraction of sp³-hybridized carbons (Fsp3) is 0.400. The van der Waals surface area contributed by atoms with Crippen molar-refractivity contribution in [1.29, 1.82) is 0 Å². The lowest BCUT2D eigenvalue weighted by Gasteiger charge is -2.11. The van der Waals surface area contributed by atoms with Crippen molar-refractivity contribution < 1.29 is 23.0 Å². The van der Waals surface area contributed by atoms with Gasteiger partial charge in [0.05, 0.1) is 12.1 Å². The van der Waals surface area contributed by atoms with Gasteiger partial charge in [-0.25, -0.2) is 0 Å². The van der Waals surface area contributed by atoms with Crippen LogP contribution in [0.15, 0.2) is 18.2 Å². The minimum absolute atomic E-state index is 0.256. The largest absolute Gasteiger partial charge is 0.573 e. The summed E-state index contributed by atoms with van der Waals surface area (Å²) in [5.74, 6) is -0.285. The molecule has 0 spiro atoms. The molecule has 1 aromatic carbocycles. The van der Waals surface area contributed by atoms with Crippen molar-refractivity contribution in [3.63, 3.8) is 0 Å². The number of aliphatic hydroxyl groups is 1. The zero-order valence-corrected chi connectivity index (χ0v) is 8.16. The van der Waals surface area contributed by atoms with Crippen LogP contribution < -0.4 is 10.5 Å². The first-order chi connectivity index (χ1) is 7.37. The quantitative estimate of drug-likeness (QED) is 0.772. The molecular formula is C10H10F3NO2. The smallest absolute Gasteiger partial charge is 0.406 e. The van der Waals surface area contributed by atoms with Gasteiger partial charge in [0.15, 0.2) is 0 Å². The molecule has 0 aromatic heterocycles. The Hall–Kier alpha value is -1.27. The number of nitrogens with two attached hydrogens (primary N) is 1. The Morgan fingerprint density at radius 1 is 1.38 bits per heavy atom. The van der Waals surface area contributed by atoms with Crippen molar-refractivity contribution in [2.24, 2.45) is 5.73 Å². The van der Waals surface area contributed by atoms with Crippen molar-refractivity contribution >= 4 is 0 Å². The number of hydrogen-bond acceptors (Lipinski definition) is 3. The first kappa shape index (κ1) is 11.2. The lowest BCUT2D eigenvalue weighted by molar-refractivity contribution is -0.274. The summed E-state index contributed by atoms with van der Waals surface area (Å²) >= 11 is 0. The fourth-order valence-electron chi connectivity index (χ4n) is 1.84. The zero-order valence-electron chi connectivity index (χ0n) is 8.16. The van der Waals surface area contributed by atoms with Gasteiger partial charge in [-0.15, -0.1) is 13.2 Å². The van der Waals surface area contributed by atoms with Gasteiger partial charge < -0.3 is 15.6 Å². The normalized spacial score (nSPS) is 24.3. The van der Waals surface area contributed by atoms with Crippen molar-refractivity contribution in [3.05, 3.63) is 29.3 Å². The number of rotatable bonds is 1. The second-order valence-corrected chi connectivity index (χ2v) is 3.71. The summed E-state index contributed by atoms with van der Waals surface area (Å²) in [5, 5.41) is 9.45. The van der Waals surface area contributed by atoms with Gasteiger partial charge in [0.1, 0.15) is 5.75 Å². The number of fused-ring (bicyclic) bond motifs is 1. The SMILES string of the molecule is N[C@H]1c2ccc(OC(F)(F)F)cc2C[C@H]1O. The van der Waals surface area contributed by atoms with E-state index in [1.807, 2.05) is 0 Å². The second-order valence-electron chi connectivity index (χ2n) is 3.71. The molecule has 16 heavy (non-hydrogen) atoms. The van der Waals surface area contributed by atoms with E-state index in [9.17, 15) is 18.3 Å². The van der Waals surface area contributed by atoms with E-state index in [4.69, 9.17) is 5.73 Å². The van der Waals surface area contributed by atoms with Crippen molar-refractivity contribution in [2.45, 2.75) is 24.9 Å². The van der Waals surface area contributed by atoms with Gasteiger partial charge in [0.2, 0.25) is 0 Å². The highest BCUT2D eigenvalue weighted by atomic mass is 19.4. The molecular weight excluding hydrogens is 223 g/mol. The number of ether oxygens (including phenoxy) is 1. The van der Waals surface area contributed by atoms with E-state index in [2.05, 4.69) is 4.74 Å². The van der Waals surface area contributed by atoms with E-state index in [0.717, 1.165) is 0 Å².